The zero-order chi connectivity index (χ0) is 16.9. The highest BCUT2D eigenvalue weighted by Crippen LogP contribution is 2.23. The average molecular weight is 320 g/mol. The van der Waals surface area contributed by atoms with Gasteiger partial charge < -0.3 is 14.8 Å². The molecule has 0 radical (unpaired) electrons. The van der Waals surface area contributed by atoms with Crippen molar-refractivity contribution in [3.8, 4) is 5.75 Å². The van der Waals surface area contributed by atoms with Crippen molar-refractivity contribution >= 4 is 6.09 Å². The van der Waals surface area contributed by atoms with E-state index in [2.05, 4.69) is 22.3 Å². The standard InChI is InChI=1S/C18H28N2O3/c1-18(2,3)23-17(21)19-9-5-10-20-11-8-14-12-16(22-4)7-6-15(14)13-20/h6-7,12H,5,8-11,13H2,1-4H3,(H,19,21). The van der Waals surface area contributed by atoms with Crippen molar-refractivity contribution in [2.45, 2.75) is 45.8 Å². The van der Waals surface area contributed by atoms with Gasteiger partial charge in [0, 0.05) is 26.2 Å². The summed E-state index contributed by atoms with van der Waals surface area (Å²) in [6, 6.07) is 6.31. The van der Waals surface area contributed by atoms with E-state index in [1.54, 1.807) is 7.11 Å². The molecule has 1 N–H and O–H groups in total. The van der Waals surface area contributed by atoms with Crippen LogP contribution in [0.3, 0.4) is 0 Å². The van der Waals surface area contributed by atoms with E-state index in [4.69, 9.17) is 9.47 Å². The van der Waals surface area contributed by atoms with E-state index >= 15 is 0 Å². The minimum atomic E-state index is -0.443. The van der Waals surface area contributed by atoms with Gasteiger partial charge in [-0.3, -0.25) is 4.90 Å². The van der Waals surface area contributed by atoms with Crippen molar-refractivity contribution in [2.24, 2.45) is 0 Å². The van der Waals surface area contributed by atoms with Crippen molar-refractivity contribution in [3.05, 3.63) is 29.3 Å². The minimum Gasteiger partial charge on any atom is -0.497 e. The van der Waals surface area contributed by atoms with Gasteiger partial charge in [0.15, 0.2) is 0 Å². The molecule has 1 aromatic carbocycles. The molecule has 0 spiro atoms. The van der Waals surface area contributed by atoms with E-state index in [-0.39, 0.29) is 6.09 Å². The molecule has 1 aromatic rings. The van der Waals surface area contributed by atoms with E-state index in [1.165, 1.54) is 11.1 Å². The lowest BCUT2D eigenvalue weighted by atomic mass is 9.99. The average Bonchev–Trinajstić information content (AvgIpc) is 2.49. The molecule has 0 unspecified atom stereocenters. The molecule has 5 nitrogen and oxygen atoms in total. The highest BCUT2D eigenvalue weighted by atomic mass is 16.6. The number of carbonyl (C=O) groups excluding carboxylic acids is 1. The van der Waals surface area contributed by atoms with Crippen LogP contribution < -0.4 is 10.1 Å². The molecule has 1 aliphatic heterocycles. The molecule has 0 saturated carbocycles. The van der Waals surface area contributed by atoms with Crippen LogP contribution in [0, 0.1) is 0 Å². The summed E-state index contributed by atoms with van der Waals surface area (Å²) in [4.78, 5) is 14.0. The number of fused-ring (bicyclic) bond motifs is 1. The molecule has 0 aliphatic carbocycles. The molecule has 1 amide bonds. The topological polar surface area (TPSA) is 50.8 Å². The van der Waals surface area contributed by atoms with Crippen molar-refractivity contribution < 1.29 is 14.3 Å². The van der Waals surface area contributed by atoms with Crippen molar-refractivity contribution in [2.75, 3.05) is 26.7 Å². The molecule has 0 fully saturated rings. The van der Waals surface area contributed by atoms with Crippen molar-refractivity contribution in [1.82, 2.24) is 10.2 Å². The Morgan fingerprint density at radius 1 is 1.30 bits per heavy atom. The fraction of sp³-hybridized carbons (Fsp3) is 0.611. The molecular formula is C18H28N2O3. The van der Waals surface area contributed by atoms with Gasteiger partial charge in [0.2, 0.25) is 0 Å². The van der Waals surface area contributed by atoms with Crippen LogP contribution in [0.4, 0.5) is 4.79 Å². The number of carbonyl (C=O) groups is 1. The molecule has 23 heavy (non-hydrogen) atoms. The summed E-state index contributed by atoms with van der Waals surface area (Å²) in [5, 5.41) is 2.81. The van der Waals surface area contributed by atoms with E-state index in [9.17, 15) is 4.79 Å². The van der Waals surface area contributed by atoms with E-state index < -0.39 is 5.60 Å². The lowest BCUT2D eigenvalue weighted by Crippen LogP contribution is -2.36. The Bertz CT molecular complexity index is 538. The molecule has 1 aliphatic rings. The monoisotopic (exact) mass is 320 g/mol. The quantitative estimate of drug-likeness (QED) is 0.848. The Kier molecular flexibility index (Phi) is 5.88. The normalized spacial score (nSPS) is 15.0. The highest BCUT2D eigenvalue weighted by molar-refractivity contribution is 5.67. The van der Waals surface area contributed by atoms with Crippen molar-refractivity contribution in [1.29, 1.82) is 0 Å². The molecule has 0 saturated heterocycles. The molecule has 1 heterocycles. The summed E-state index contributed by atoms with van der Waals surface area (Å²) in [6.45, 7) is 9.23. The summed E-state index contributed by atoms with van der Waals surface area (Å²) < 4.78 is 10.5. The Morgan fingerprint density at radius 3 is 2.78 bits per heavy atom. The fourth-order valence-corrected chi connectivity index (χ4v) is 2.71. The van der Waals surface area contributed by atoms with Crippen LogP contribution in [0.1, 0.15) is 38.3 Å². The number of alkyl carbamates (subject to hydrolysis) is 1. The van der Waals surface area contributed by atoms with Crippen LogP contribution in [0.15, 0.2) is 18.2 Å². The summed E-state index contributed by atoms with van der Waals surface area (Å²) in [5.41, 5.74) is 2.31. The van der Waals surface area contributed by atoms with Gasteiger partial charge in [0.25, 0.3) is 0 Å². The molecule has 128 valence electrons. The Labute approximate surface area is 139 Å². The molecule has 2 rings (SSSR count). The lowest BCUT2D eigenvalue weighted by Gasteiger charge is -2.29. The zero-order valence-corrected chi connectivity index (χ0v) is 14.6. The predicted octanol–water partition coefficient (Wildman–Crippen LogP) is 2.97. The predicted molar refractivity (Wildman–Crippen MR) is 90.8 cm³/mol. The number of rotatable bonds is 5. The lowest BCUT2D eigenvalue weighted by molar-refractivity contribution is 0.0525. The molecule has 0 aromatic heterocycles. The first-order valence-electron chi connectivity index (χ1n) is 8.22. The smallest absolute Gasteiger partial charge is 0.407 e. The van der Waals surface area contributed by atoms with E-state index in [0.29, 0.717) is 6.54 Å². The number of methoxy groups -OCH3 is 1. The maximum atomic E-state index is 11.6. The number of hydrogen-bond donors (Lipinski definition) is 1. The van der Waals surface area contributed by atoms with Crippen LogP contribution >= 0.6 is 0 Å². The number of hydrogen-bond acceptors (Lipinski definition) is 4. The number of ether oxygens (including phenoxy) is 2. The molecular weight excluding hydrogens is 292 g/mol. The van der Waals surface area contributed by atoms with Crippen LogP contribution in [0.2, 0.25) is 0 Å². The second-order valence-corrected chi connectivity index (χ2v) is 6.94. The molecule has 0 bridgehead atoms. The SMILES string of the molecule is COc1ccc2c(c1)CCN(CCCNC(=O)OC(C)(C)C)C2. The number of nitrogens with one attached hydrogen (secondary N) is 1. The van der Waals surface area contributed by atoms with Crippen molar-refractivity contribution in [3.63, 3.8) is 0 Å². The van der Waals surface area contributed by atoms with Gasteiger partial charge in [-0.1, -0.05) is 6.07 Å². The van der Waals surface area contributed by atoms with Crippen LogP contribution in [0.25, 0.3) is 0 Å². The first kappa shape index (κ1) is 17.6. The third-order valence-corrected chi connectivity index (χ3v) is 3.82. The van der Waals surface area contributed by atoms with Gasteiger partial charge in [-0.15, -0.1) is 0 Å². The summed E-state index contributed by atoms with van der Waals surface area (Å²) >= 11 is 0. The summed E-state index contributed by atoms with van der Waals surface area (Å²) in [7, 11) is 1.70. The van der Waals surface area contributed by atoms with Gasteiger partial charge in [-0.25, -0.2) is 4.79 Å². The second-order valence-electron chi connectivity index (χ2n) is 6.94. The number of amides is 1. The first-order chi connectivity index (χ1) is 10.9. The van der Waals surface area contributed by atoms with E-state index in [0.717, 1.165) is 38.2 Å². The Hall–Kier alpha value is -1.75. The van der Waals surface area contributed by atoms with Gasteiger partial charge in [0.05, 0.1) is 7.11 Å². The van der Waals surface area contributed by atoms with Gasteiger partial charge >= 0.3 is 6.09 Å². The maximum absolute atomic E-state index is 11.6. The maximum Gasteiger partial charge on any atom is 0.407 e. The van der Waals surface area contributed by atoms with Crippen LogP contribution in [-0.4, -0.2) is 43.3 Å². The third-order valence-electron chi connectivity index (χ3n) is 3.82. The molecule has 5 heteroatoms. The van der Waals surface area contributed by atoms with Gasteiger partial charge in [-0.2, -0.15) is 0 Å². The van der Waals surface area contributed by atoms with Crippen LogP contribution in [0.5, 0.6) is 5.75 Å². The van der Waals surface area contributed by atoms with Gasteiger partial charge in [-0.05, 0) is 56.9 Å². The Morgan fingerprint density at radius 2 is 2.09 bits per heavy atom. The van der Waals surface area contributed by atoms with Gasteiger partial charge in [0.1, 0.15) is 11.4 Å². The number of nitrogens with zero attached hydrogens (tertiary/aromatic N) is 1. The summed E-state index contributed by atoms with van der Waals surface area (Å²) in [6.07, 6.45) is 1.63. The molecule has 0 atom stereocenters. The minimum absolute atomic E-state index is 0.339. The largest absolute Gasteiger partial charge is 0.497 e. The Balaban J connectivity index is 1.70. The highest BCUT2D eigenvalue weighted by Gasteiger charge is 2.17. The summed E-state index contributed by atoms with van der Waals surface area (Å²) in [5.74, 6) is 0.929. The zero-order valence-electron chi connectivity index (χ0n) is 14.6. The number of benzene rings is 1. The fourth-order valence-electron chi connectivity index (χ4n) is 2.71. The second kappa shape index (κ2) is 7.68. The van der Waals surface area contributed by atoms with Crippen LogP contribution in [-0.2, 0) is 17.7 Å². The first-order valence-corrected chi connectivity index (χ1v) is 8.22. The van der Waals surface area contributed by atoms with E-state index in [1.807, 2.05) is 26.8 Å². The third kappa shape index (κ3) is 5.75.